The van der Waals surface area contributed by atoms with Crippen molar-refractivity contribution in [1.82, 2.24) is 10.2 Å². The van der Waals surface area contributed by atoms with Crippen molar-refractivity contribution >= 4 is 23.5 Å². The Kier molecular flexibility index (Phi) is 5.15. The Morgan fingerprint density at radius 1 is 1.14 bits per heavy atom. The van der Waals surface area contributed by atoms with Crippen LogP contribution in [0.3, 0.4) is 0 Å². The number of nitrogens with one attached hydrogen (secondary N) is 1. The van der Waals surface area contributed by atoms with E-state index >= 15 is 0 Å². The van der Waals surface area contributed by atoms with Gasteiger partial charge in [-0.15, -0.1) is 0 Å². The van der Waals surface area contributed by atoms with Gasteiger partial charge in [0.2, 0.25) is 0 Å². The van der Waals surface area contributed by atoms with E-state index in [1.807, 2.05) is 54.6 Å². The van der Waals surface area contributed by atoms with Crippen molar-refractivity contribution in [2.24, 2.45) is 4.99 Å². The van der Waals surface area contributed by atoms with Crippen LogP contribution in [-0.2, 0) is 16.0 Å². The van der Waals surface area contributed by atoms with Gasteiger partial charge in [-0.25, -0.2) is 4.79 Å². The van der Waals surface area contributed by atoms with Crippen LogP contribution in [0.25, 0.3) is 0 Å². The molecule has 0 aliphatic carbocycles. The van der Waals surface area contributed by atoms with E-state index in [2.05, 4.69) is 20.5 Å². The Hall–Kier alpha value is -3.81. The minimum absolute atomic E-state index is 0.0754. The molecular weight excluding hydrogens is 372 g/mol. The van der Waals surface area contributed by atoms with Gasteiger partial charge in [0, 0.05) is 17.5 Å². The topological polar surface area (TPSA) is 107 Å². The lowest BCUT2D eigenvalue weighted by molar-refractivity contribution is -0.119. The number of ether oxygens (including phenoxy) is 1. The third-order valence-electron chi connectivity index (χ3n) is 4.38. The lowest BCUT2D eigenvalue weighted by Crippen LogP contribution is -2.29. The number of benzene rings is 2. The molecule has 0 amide bonds. The molecule has 2 heterocycles. The summed E-state index contributed by atoms with van der Waals surface area (Å²) in [6, 6.07) is 17.2. The van der Waals surface area contributed by atoms with Crippen LogP contribution in [0.2, 0.25) is 0 Å². The highest BCUT2D eigenvalue weighted by Crippen LogP contribution is 2.22. The van der Waals surface area contributed by atoms with Crippen molar-refractivity contribution < 1.29 is 18.7 Å². The zero-order valence-corrected chi connectivity index (χ0v) is 15.7. The van der Waals surface area contributed by atoms with E-state index in [1.165, 1.54) is 0 Å². The largest absolute Gasteiger partial charge is 0.459 e. The maximum atomic E-state index is 12.9. The van der Waals surface area contributed by atoms with E-state index in [4.69, 9.17) is 9.15 Å². The lowest BCUT2D eigenvalue weighted by atomic mass is 9.96. The van der Waals surface area contributed by atoms with Crippen molar-refractivity contribution in [3.8, 4) is 0 Å². The normalized spacial score (nSPS) is 15.8. The number of hydrogen-bond acceptors (Lipinski definition) is 8. The molecule has 1 unspecified atom stereocenters. The molecule has 0 spiro atoms. The van der Waals surface area contributed by atoms with Gasteiger partial charge >= 0.3 is 17.9 Å². The van der Waals surface area contributed by atoms with E-state index in [-0.39, 0.29) is 30.7 Å². The fraction of sp³-hybridized carbons (Fsp3) is 0.190. The first kappa shape index (κ1) is 18.5. The summed E-state index contributed by atoms with van der Waals surface area (Å²) in [6.07, 6.45) is -0.736. The molecule has 2 aromatic carbocycles. The average Bonchev–Trinajstić information content (AvgIpc) is 3.16. The molecule has 0 bridgehead atoms. The molecule has 3 aromatic rings. The van der Waals surface area contributed by atoms with Gasteiger partial charge in [-0.05, 0) is 12.5 Å². The molecule has 0 saturated heterocycles. The van der Waals surface area contributed by atoms with Gasteiger partial charge in [-0.2, -0.15) is 0 Å². The van der Waals surface area contributed by atoms with Crippen LogP contribution in [0.1, 0.15) is 34.3 Å². The Bertz CT molecular complexity index is 1080. The van der Waals surface area contributed by atoms with Gasteiger partial charge in [0.1, 0.15) is 0 Å². The van der Waals surface area contributed by atoms with E-state index < -0.39 is 12.1 Å². The molecule has 29 heavy (non-hydrogen) atoms. The maximum Gasteiger partial charge on any atom is 0.396 e. The summed E-state index contributed by atoms with van der Waals surface area (Å²) in [6.45, 7) is 1.86. The molecule has 1 aliphatic heterocycles. The minimum Gasteiger partial charge on any atom is -0.459 e. The highest BCUT2D eigenvalue weighted by Gasteiger charge is 2.27. The molecule has 8 nitrogen and oxygen atoms in total. The number of Topliss-reactive ketones (excluding diaryl/α,β-unsaturated/α-hetero) is 1. The molecular formula is C21H18N4O4. The fourth-order valence-corrected chi connectivity index (χ4v) is 3.07. The highest BCUT2D eigenvalue weighted by atomic mass is 16.5. The van der Waals surface area contributed by atoms with E-state index in [1.54, 1.807) is 6.92 Å². The Morgan fingerprint density at radius 2 is 1.90 bits per heavy atom. The van der Waals surface area contributed by atoms with Crippen LogP contribution in [-0.4, -0.2) is 40.4 Å². The van der Waals surface area contributed by atoms with Crippen LogP contribution >= 0.6 is 0 Å². The molecule has 0 radical (unpaired) electrons. The van der Waals surface area contributed by atoms with Gasteiger partial charge in [0.25, 0.3) is 0 Å². The molecule has 1 N–H and O–H groups in total. The summed E-state index contributed by atoms with van der Waals surface area (Å²) in [5.41, 5.74) is 3.37. The van der Waals surface area contributed by atoms with Gasteiger partial charge < -0.3 is 14.5 Å². The van der Waals surface area contributed by atoms with Crippen LogP contribution in [0.5, 0.6) is 0 Å². The number of nitrogens with zero attached hydrogens (tertiary/aromatic N) is 3. The standard InChI is InChI=1S/C21H18N4O4/c1-2-28-20(27)19-24-25-21(29-19)23-18-16(26)12-14-10-6-7-11-15(14)17(22-18)13-8-4-3-5-9-13/h3-11,18H,2,12H2,1H3,(H,23,25). The molecule has 146 valence electrons. The molecule has 1 aromatic heterocycles. The zero-order valence-electron chi connectivity index (χ0n) is 15.7. The van der Waals surface area contributed by atoms with Gasteiger partial charge in [0.15, 0.2) is 11.9 Å². The Morgan fingerprint density at radius 3 is 2.69 bits per heavy atom. The maximum absolute atomic E-state index is 12.9. The average molecular weight is 390 g/mol. The van der Waals surface area contributed by atoms with Crippen molar-refractivity contribution in [3.63, 3.8) is 0 Å². The smallest absolute Gasteiger partial charge is 0.396 e. The number of rotatable bonds is 5. The molecule has 8 heteroatoms. The molecule has 0 fully saturated rings. The van der Waals surface area contributed by atoms with E-state index in [0.717, 1.165) is 16.7 Å². The second-order valence-corrected chi connectivity index (χ2v) is 6.32. The quantitative estimate of drug-likeness (QED) is 0.668. The number of aliphatic imine (C=N–C) groups is 1. The molecule has 1 aliphatic rings. The minimum atomic E-state index is -0.937. The summed E-state index contributed by atoms with van der Waals surface area (Å²) < 4.78 is 10.1. The number of esters is 1. The summed E-state index contributed by atoms with van der Waals surface area (Å²) in [5.74, 6) is -1.16. The number of aromatic nitrogens is 2. The van der Waals surface area contributed by atoms with Crippen LogP contribution < -0.4 is 5.32 Å². The number of fused-ring (bicyclic) bond motifs is 1. The highest BCUT2D eigenvalue weighted by molar-refractivity contribution is 6.16. The van der Waals surface area contributed by atoms with Gasteiger partial charge in [0.05, 0.1) is 12.3 Å². The van der Waals surface area contributed by atoms with Crippen molar-refractivity contribution in [2.45, 2.75) is 19.5 Å². The Labute approximate surface area is 166 Å². The zero-order chi connectivity index (χ0) is 20.2. The summed E-state index contributed by atoms with van der Waals surface area (Å²) in [7, 11) is 0. The number of carbonyl (C=O) groups is 2. The first-order chi connectivity index (χ1) is 14.2. The third kappa shape index (κ3) is 3.91. The predicted octanol–water partition coefficient (Wildman–Crippen LogP) is 2.65. The SMILES string of the molecule is CCOC(=O)c1nnc(NC2N=C(c3ccccc3)c3ccccc3CC2=O)o1. The molecule has 0 saturated carbocycles. The number of hydrogen-bond donors (Lipinski definition) is 1. The summed E-state index contributed by atoms with van der Waals surface area (Å²) >= 11 is 0. The summed E-state index contributed by atoms with van der Waals surface area (Å²) in [5, 5.41) is 10.3. The second kappa shape index (κ2) is 8.05. The van der Waals surface area contributed by atoms with Crippen LogP contribution in [0.15, 0.2) is 64.0 Å². The van der Waals surface area contributed by atoms with E-state index in [0.29, 0.717) is 5.71 Å². The van der Waals surface area contributed by atoms with Crippen molar-refractivity contribution in [2.75, 3.05) is 11.9 Å². The number of ketones is 1. The fourth-order valence-electron chi connectivity index (χ4n) is 3.07. The summed E-state index contributed by atoms with van der Waals surface area (Å²) in [4.78, 5) is 29.2. The third-order valence-corrected chi connectivity index (χ3v) is 4.38. The monoisotopic (exact) mass is 390 g/mol. The Balaban J connectivity index is 1.69. The number of anilines is 1. The van der Waals surface area contributed by atoms with Crippen molar-refractivity contribution in [3.05, 3.63) is 77.2 Å². The first-order valence-electron chi connectivity index (χ1n) is 9.17. The first-order valence-corrected chi connectivity index (χ1v) is 9.17. The predicted molar refractivity (Wildman–Crippen MR) is 105 cm³/mol. The lowest BCUT2D eigenvalue weighted by Gasteiger charge is -2.11. The van der Waals surface area contributed by atoms with Crippen LogP contribution in [0, 0.1) is 0 Å². The van der Waals surface area contributed by atoms with Gasteiger partial charge in [-0.1, -0.05) is 64.8 Å². The molecule has 4 rings (SSSR count). The van der Waals surface area contributed by atoms with E-state index in [9.17, 15) is 9.59 Å². The second-order valence-electron chi connectivity index (χ2n) is 6.32. The van der Waals surface area contributed by atoms with Crippen molar-refractivity contribution in [1.29, 1.82) is 0 Å². The van der Waals surface area contributed by atoms with Crippen LogP contribution in [0.4, 0.5) is 6.01 Å². The van der Waals surface area contributed by atoms with Gasteiger partial charge in [-0.3, -0.25) is 9.79 Å². The molecule has 1 atom stereocenters. The number of carbonyl (C=O) groups excluding carboxylic acids is 2.